The molecule has 0 spiro atoms. The first-order valence-electron chi connectivity index (χ1n) is 9.55. The van der Waals surface area contributed by atoms with E-state index >= 15 is 0 Å². The zero-order valence-electron chi connectivity index (χ0n) is 16.6. The van der Waals surface area contributed by atoms with Gasteiger partial charge in [-0.05, 0) is 35.4 Å². The number of nitrogens with zero attached hydrogens (tertiary/aromatic N) is 2. The van der Waals surface area contributed by atoms with Gasteiger partial charge in [-0.2, -0.15) is 4.98 Å². The summed E-state index contributed by atoms with van der Waals surface area (Å²) in [6.45, 7) is 0.697. The Bertz CT molecular complexity index is 1220. The molecule has 0 bridgehead atoms. The maximum atomic E-state index is 12.4. The Morgan fingerprint density at radius 1 is 1.00 bits per heavy atom. The maximum absolute atomic E-state index is 12.4. The van der Waals surface area contributed by atoms with Crippen molar-refractivity contribution in [3.8, 4) is 22.9 Å². The van der Waals surface area contributed by atoms with E-state index in [9.17, 15) is 9.90 Å². The Labute approximate surface area is 193 Å². The second kappa shape index (κ2) is 9.72. The number of phenolic OH excluding ortho intramolecular Hbond substituents is 1. The summed E-state index contributed by atoms with van der Waals surface area (Å²) < 4.78 is 10.9. The van der Waals surface area contributed by atoms with Crippen LogP contribution in [0.2, 0.25) is 10.0 Å². The number of aromatic nitrogens is 2. The van der Waals surface area contributed by atoms with Gasteiger partial charge < -0.3 is 19.7 Å². The monoisotopic (exact) mass is 469 g/mol. The number of benzene rings is 3. The van der Waals surface area contributed by atoms with E-state index in [0.717, 1.165) is 11.1 Å². The summed E-state index contributed by atoms with van der Waals surface area (Å²) in [7, 11) is 0. The normalized spacial score (nSPS) is 10.7. The van der Waals surface area contributed by atoms with Crippen LogP contribution in [0.3, 0.4) is 0 Å². The quantitative estimate of drug-likeness (QED) is 0.383. The predicted octanol–water partition coefficient (Wildman–Crippen LogP) is 5.26. The standard InChI is InChI=1S/C23H17Cl2N3O4/c24-18-10-16(11-19(25)20(18)29)21-27-23(32-28-21)22(30)26-12-15-7-4-8-17(9-15)31-13-14-5-2-1-3-6-14/h1-11,29H,12-13H2,(H,26,30). The van der Waals surface area contributed by atoms with Crippen molar-refractivity contribution < 1.29 is 19.2 Å². The number of hydrogen-bond donors (Lipinski definition) is 2. The molecule has 0 radical (unpaired) electrons. The van der Waals surface area contributed by atoms with Crippen molar-refractivity contribution in [1.82, 2.24) is 15.5 Å². The highest BCUT2D eigenvalue weighted by atomic mass is 35.5. The summed E-state index contributed by atoms with van der Waals surface area (Å²) in [5, 5.41) is 16.2. The Morgan fingerprint density at radius 2 is 1.72 bits per heavy atom. The first-order valence-corrected chi connectivity index (χ1v) is 10.3. The summed E-state index contributed by atoms with van der Waals surface area (Å²) in [6, 6.07) is 20.1. The molecular formula is C23H17Cl2N3O4. The van der Waals surface area contributed by atoms with Crippen LogP contribution in [0.5, 0.6) is 11.5 Å². The Kier molecular flexibility index (Phi) is 6.58. The second-order valence-electron chi connectivity index (χ2n) is 6.82. The number of halogens is 2. The zero-order chi connectivity index (χ0) is 22.5. The van der Waals surface area contributed by atoms with Gasteiger partial charge in [-0.3, -0.25) is 4.79 Å². The van der Waals surface area contributed by atoms with E-state index in [4.69, 9.17) is 32.5 Å². The molecule has 2 N–H and O–H groups in total. The molecule has 0 saturated heterocycles. The Hall–Kier alpha value is -3.55. The molecule has 4 aromatic rings. The third-order valence-electron chi connectivity index (χ3n) is 4.50. The van der Waals surface area contributed by atoms with Gasteiger partial charge in [0.25, 0.3) is 0 Å². The molecule has 4 rings (SSSR count). The minimum absolute atomic E-state index is 0.0395. The highest BCUT2D eigenvalue weighted by Gasteiger charge is 2.18. The minimum atomic E-state index is -0.532. The van der Waals surface area contributed by atoms with Gasteiger partial charge in [0.2, 0.25) is 5.82 Å². The van der Waals surface area contributed by atoms with Crippen LogP contribution < -0.4 is 10.1 Å². The van der Waals surface area contributed by atoms with Crippen LogP contribution in [0.1, 0.15) is 21.8 Å². The van der Waals surface area contributed by atoms with Crippen LogP contribution in [-0.2, 0) is 13.2 Å². The van der Waals surface area contributed by atoms with Crippen LogP contribution in [0.15, 0.2) is 71.3 Å². The second-order valence-corrected chi connectivity index (χ2v) is 7.63. The van der Waals surface area contributed by atoms with Gasteiger partial charge in [-0.25, -0.2) is 0 Å². The van der Waals surface area contributed by atoms with E-state index in [1.165, 1.54) is 12.1 Å². The number of amides is 1. The van der Waals surface area contributed by atoms with Gasteiger partial charge in [0, 0.05) is 12.1 Å². The molecule has 0 aliphatic heterocycles. The maximum Gasteiger partial charge on any atom is 0.316 e. The summed E-state index contributed by atoms with van der Waals surface area (Å²) in [5.41, 5.74) is 2.32. The molecular weight excluding hydrogens is 453 g/mol. The first-order chi connectivity index (χ1) is 15.5. The van der Waals surface area contributed by atoms with E-state index in [1.807, 2.05) is 54.6 Å². The first kappa shape index (κ1) is 21.7. The molecule has 3 aromatic carbocycles. The van der Waals surface area contributed by atoms with Crippen LogP contribution in [0.25, 0.3) is 11.4 Å². The number of nitrogens with one attached hydrogen (secondary N) is 1. The minimum Gasteiger partial charge on any atom is -0.505 e. The molecule has 9 heteroatoms. The predicted molar refractivity (Wildman–Crippen MR) is 120 cm³/mol. The number of carbonyl (C=O) groups is 1. The molecule has 0 unspecified atom stereocenters. The fourth-order valence-corrected chi connectivity index (χ4v) is 3.36. The molecule has 0 fully saturated rings. The van der Waals surface area contributed by atoms with Crippen molar-refractivity contribution in [2.24, 2.45) is 0 Å². The number of phenols is 1. The van der Waals surface area contributed by atoms with E-state index < -0.39 is 5.91 Å². The fraction of sp³-hybridized carbons (Fsp3) is 0.0870. The number of rotatable bonds is 7. The van der Waals surface area contributed by atoms with Crippen LogP contribution >= 0.6 is 23.2 Å². The molecule has 0 aliphatic carbocycles. The zero-order valence-corrected chi connectivity index (χ0v) is 18.1. The van der Waals surface area contributed by atoms with Crippen molar-refractivity contribution in [2.45, 2.75) is 13.2 Å². The van der Waals surface area contributed by atoms with Crippen molar-refractivity contribution >= 4 is 29.1 Å². The molecule has 7 nitrogen and oxygen atoms in total. The average molecular weight is 470 g/mol. The van der Waals surface area contributed by atoms with Crippen molar-refractivity contribution in [3.63, 3.8) is 0 Å². The molecule has 32 heavy (non-hydrogen) atoms. The van der Waals surface area contributed by atoms with Crippen molar-refractivity contribution in [3.05, 3.63) is 93.8 Å². The van der Waals surface area contributed by atoms with E-state index in [2.05, 4.69) is 15.5 Å². The summed E-state index contributed by atoms with van der Waals surface area (Å²) in [6.07, 6.45) is 0. The fourth-order valence-electron chi connectivity index (χ4n) is 2.87. The van der Waals surface area contributed by atoms with Gasteiger partial charge in [0.05, 0.1) is 10.0 Å². The topological polar surface area (TPSA) is 97.5 Å². The van der Waals surface area contributed by atoms with E-state index in [0.29, 0.717) is 17.9 Å². The van der Waals surface area contributed by atoms with Crippen LogP contribution in [-0.4, -0.2) is 21.2 Å². The van der Waals surface area contributed by atoms with Crippen LogP contribution in [0.4, 0.5) is 0 Å². The highest BCUT2D eigenvalue weighted by Crippen LogP contribution is 2.35. The van der Waals surface area contributed by atoms with E-state index in [1.54, 1.807) is 0 Å². The molecule has 0 aliphatic rings. The van der Waals surface area contributed by atoms with Crippen LogP contribution in [0, 0.1) is 0 Å². The lowest BCUT2D eigenvalue weighted by Crippen LogP contribution is -2.23. The summed E-state index contributed by atoms with van der Waals surface area (Å²) in [4.78, 5) is 16.5. The largest absolute Gasteiger partial charge is 0.505 e. The molecule has 1 amide bonds. The number of ether oxygens (including phenoxy) is 1. The van der Waals surface area contributed by atoms with Crippen molar-refractivity contribution in [1.29, 1.82) is 0 Å². The summed E-state index contributed by atoms with van der Waals surface area (Å²) in [5.74, 6) is -0.169. The Morgan fingerprint density at radius 3 is 2.47 bits per heavy atom. The van der Waals surface area contributed by atoms with Gasteiger partial charge in [0.1, 0.15) is 12.4 Å². The third-order valence-corrected chi connectivity index (χ3v) is 5.07. The van der Waals surface area contributed by atoms with Gasteiger partial charge >= 0.3 is 11.8 Å². The number of carbonyl (C=O) groups excluding carboxylic acids is 1. The molecule has 0 atom stereocenters. The SMILES string of the molecule is O=C(NCc1cccc(OCc2ccccc2)c1)c1nc(-c2cc(Cl)c(O)c(Cl)c2)no1. The smallest absolute Gasteiger partial charge is 0.316 e. The molecule has 1 heterocycles. The Balaban J connectivity index is 1.37. The lowest BCUT2D eigenvalue weighted by molar-refractivity contribution is 0.0907. The van der Waals surface area contributed by atoms with Gasteiger partial charge in [0.15, 0.2) is 5.75 Å². The van der Waals surface area contributed by atoms with Crippen molar-refractivity contribution in [2.75, 3.05) is 0 Å². The van der Waals surface area contributed by atoms with E-state index in [-0.39, 0.29) is 34.1 Å². The summed E-state index contributed by atoms with van der Waals surface area (Å²) >= 11 is 11.8. The molecule has 162 valence electrons. The highest BCUT2D eigenvalue weighted by molar-refractivity contribution is 6.37. The van der Waals surface area contributed by atoms with Gasteiger partial charge in [-0.1, -0.05) is 70.8 Å². The lowest BCUT2D eigenvalue weighted by atomic mass is 10.2. The average Bonchev–Trinajstić information content (AvgIpc) is 3.31. The lowest BCUT2D eigenvalue weighted by Gasteiger charge is -2.08. The molecule has 0 saturated carbocycles. The number of aromatic hydroxyl groups is 1. The number of hydrogen-bond acceptors (Lipinski definition) is 6. The third kappa shape index (κ3) is 5.19. The molecule has 1 aromatic heterocycles. The van der Waals surface area contributed by atoms with Gasteiger partial charge in [-0.15, -0.1) is 0 Å².